The normalized spacial score (nSPS) is 25.2. The number of rotatable bonds is 8. The van der Waals surface area contributed by atoms with Gasteiger partial charge in [0.15, 0.2) is 18.5 Å². The minimum atomic E-state index is -1.14. The first-order valence-electron chi connectivity index (χ1n) is 9.73. The Hall–Kier alpha value is -2.98. The molecule has 0 spiro atoms. The summed E-state index contributed by atoms with van der Waals surface area (Å²) < 4.78 is 27.6. The van der Waals surface area contributed by atoms with Crippen molar-refractivity contribution < 1.29 is 42.9 Å². The van der Waals surface area contributed by atoms with Crippen LogP contribution < -0.4 is 5.32 Å². The molecule has 0 aliphatic carbocycles. The second kappa shape index (κ2) is 11.4. The van der Waals surface area contributed by atoms with Crippen molar-refractivity contribution in [2.75, 3.05) is 6.61 Å². The highest BCUT2D eigenvalue weighted by molar-refractivity contribution is 5.73. The minimum absolute atomic E-state index is 0.132. The van der Waals surface area contributed by atoms with E-state index < -0.39 is 54.5 Å². The molecule has 1 aliphatic heterocycles. The predicted molar refractivity (Wildman–Crippen MR) is 105 cm³/mol. The van der Waals surface area contributed by atoms with Gasteiger partial charge in [-0.15, -0.1) is 0 Å². The molecule has 1 aromatic rings. The summed E-state index contributed by atoms with van der Waals surface area (Å²) in [6.07, 6.45) is -4.36. The second-order valence-corrected chi connectivity index (χ2v) is 7.02. The highest BCUT2D eigenvalue weighted by atomic mass is 16.7. The van der Waals surface area contributed by atoms with Crippen LogP contribution in [0.1, 0.15) is 33.3 Å². The Balaban J connectivity index is 2.35. The lowest BCUT2D eigenvalue weighted by atomic mass is 9.96. The molecule has 0 bridgehead atoms. The summed E-state index contributed by atoms with van der Waals surface area (Å²) in [6.45, 7) is 4.72. The fraction of sp³-hybridized carbons (Fsp3) is 0.524. The van der Waals surface area contributed by atoms with Gasteiger partial charge in [-0.05, 0) is 5.56 Å². The van der Waals surface area contributed by atoms with Crippen molar-refractivity contribution in [3.63, 3.8) is 0 Å². The van der Waals surface area contributed by atoms with E-state index in [9.17, 15) is 19.2 Å². The van der Waals surface area contributed by atoms with Gasteiger partial charge >= 0.3 is 17.9 Å². The molecule has 1 saturated heterocycles. The molecule has 1 heterocycles. The summed E-state index contributed by atoms with van der Waals surface area (Å²) in [5.41, 5.74) is 0.843. The van der Waals surface area contributed by atoms with Crippen LogP contribution >= 0.6 is 0 Å². The van der Waals surface area contributed by atoms with Crippen molar-refractivity contribution in [2.24, 2.45) is 0 Å². The Morgan fingerprint density at radius 2 is 1.52 bits per heavy atom. The third kappa shape index (κ3) is 7.65. The fourth-order valence-corrected chi connectivity index (χ4v) is 3.19. The molecular weight excluding hydrogens is 416 g/mol. The first kappa shape index (κ1) is 24.3. The largest absolute Gasteiger partial charge is 0.463 e. The standard InChI is InChI=1S/C21H27NO9/c1-12(23)22-18-20(30-15(4)26)19(29-14(3)25)17(11-27-13(2)24)31-21(18)28-10-16-8-6-5-7-9-16/h5-9,17-21H,10-11H2,1-4H3,(H,22,23)/t17-,18-,19+,20-,21+/m1/s1/i5+1,6+1,7+1,8+1,9+1,16+1. The van der Waals surface area contributed by atoms with Gasteiger partial charge in [-0.2, -0.15) is 0 Å². The van der Waals surface area contributed by atoms with E-state index in [1.54, 1.807) is 0 Å². The van der Waals surface area contributed by atoms with E-state index >= 15 is 0 Å². The van der Waals surface area contributed by atoms with Gasteiger partial charge in [-0.25, -0.2) is 0 Å². The molecule has 0 radical (unpaired) electrons. The summed E-state index contributed by atoms with van der Waals surface area (Å²) in [4.78, 5) is 46.7. The van der Waals surface area contributed by atoms with Crippen LogP contribution in [0.25, 0.3) is 0 Å². The summed E-state index contributed by atoms with van der Waals surface area (Å²) in [5.74, 6) is -2.32. The zero-order chi connectivity index (χ0) is 23.0. The van der Waals surface area contributed by atoms with Gasteiger partial charge in [0.25, 0.3) is 0 Å². The predicted octanol–water partition coefficient (Wildman–Crippen LogP) is 0.859. The van der Waals surface area contributed by atoms with Crippen LogP contribution in [0.15, 0.2) is 30.3 Å². The molecular formula is C21H27NO9. The number of nitrogens with one attached hydrogen (secondary N) is 1. The number of hydrogen-bond acceptors (Lipinski definition) is 9. The van der Waals surface area contributed by atoms with Crippen molar-refractivity contribution in [3.05, 3.63) is 35.9 Å². The molecule has 1 fully saturated rings. The molecule has 0 aromatic heterocycles. The summed E-state index contributed by atoms with van der Waals surface area (Å²) in [5, 5.41) is 2.65. The number of esters is 3. The molecule has 5 atom stereocenters. The van der Waals surface area contributed by atoms with Crippen LogP contribution in [-0.4, -0.2) is 61.1 Å². The molecule has 1 amide bonds. The zero-order valence-electron chi connectivity index (χ0n) is 17.9. The first-order valence-corrected chi connectivity index (χ1v) is 9.73. The molecule has 170 valence electrons. The highest BCUT2D eigenvalue weighted by Crippen LogP contribution is 2.28. The number of carbonyl (C=O) groups excluding carboxylic acids is 4. The van der Waals surface area contributed by atoms with Gasteiger partial charge in [-0.3, -0.25) is 19.2 Å². The van der Waals surface area contributed by atoms with Crippen LogP contribution in [0.3, 0.4) is 0 Å². The van der Waals surface area contributed by atoms with Crippen LogP contribution in [0.4, 0.5) is 0 Å². The lowest BCUT2D eigenvalue weighted by Gasteiger charge is -2.44. The third-order valence-corrected chi connectivity index (χ3v) is 4.33. The second-order valence-electron chi connectivity index (χ2n) is 7.02. The van der Waals surface area contributed by atoms with Crippen molar-refractivity contribution in [3.8, 4) is 0 Å². The van der Waals surface area contributed by atoms with Gasteiger partial charge in [-0.1, -0.05) is 30.3 Å². The van der Waals surface area contributed by atoms with Crippen LogP contribution in [0.2, 0.25) is 0 Å². The van der Waals surface area contributed by atoms with E-state index in [0.717, 1.165) is 5.56 Å². The van der Waals surface area contributed by atoms with Crippen LogP contribution in [0.5, 0.6) is 0 Å². The molecule has 10 heteroatoms. The Bertz CT molecular complexity index is 782. The van der Waals surface area contributed by atoms with E-state index in [1.165, 1.54) is 27.7 Å². The lowest BCUT2D eigenvalue weighted by molar-refractivity contribution is -0.280. The van der Waals surface area contributed by atoms with Gasteiger partial charge in [0, 0.05) is 27.7 Å². The Morgan fingerprint density at radius 1 is 0.903 bits per heavy atom. The fourth-order valence-electron chi connectivity index (χ4n) is 3.19. The summed E-state index contributed by atoms with van der Waals surface area (Å²) in [6, 6.07) is 8.25. The highest BCUT2D eigenvalue weighted by Gasteiger charge is 2.51. The maximum absolute atomic E-state index is 11.8. The Kier molecular flexibility index (Phi) is 8.95. The molecule has 1 aromatic carbocycles. The average Bonchev–Trinajstić information content (AvgIpc) is 2.68. The smallest absolute Gasteiger partial charge is 0.303 e. The molecule has 2 rings (SSSR count). The summed E-state index contributed by atoms with van der Waals surface area (Å²) >= 11 is 0. The van der Waals surface area contributed by atoms with Crippen molar-refractivity contribution >= 4 is 23.8 Å². The van der Waals surface area contributed by atoms with E-state index in [4.69, 9.17) is 23.7 Å². The van der Waals surface area contributed by atoms with Gasteiger partial charge in [0.1, 0.15) is 18.8 Å². The maximum Gasteiger partial charge on any atom is 0.303 e. The zero-order valence-corrected chi connectivity index (χ0v) is 17.9. The molecule has 1 N–H and O–H groups in total. The quantitative estimate of drug-likeness (QED) is 0.460. The van der Waals surface area contributed by atoms with Crippen molar-refractivity contribution in [1.82, 2.24) is 5.32 Å². The Morgan fingerprint density at radius 3 is 2.06 bits per heavy atom. The van der Waals surface area contributed by atoms with Gasteiger partial charge < -0.3 is 29.0 Å². The van der Waals surface area contributed by atoms with E-state index in [0.29, 0.717) is 0 Å². The van der Waals surface area contributed by atoms with E-state index in [2.05, 4.69) is 5.32 Å². The lowest BCUT2D eigenvalue weighted by Crippen LogP contribution is -2.66. The van der Waals surface area contributed by atoms with E-state index in [-0.39, 0.29) is 13.2 Å². The van der Waals surface area contributed by atoms with Gasteiger partial charge in [0.2, 0.25) is 5.91 Å². The van der Waals surface area contributed by atoms with Crippen LogP contribution in [-0.2, 0) is 49.5 Å². The average molecular weight is 443 g/mol. The molecule has 0 saturated carbocycles. The number of hydrogen-bond donors (Lipinski definition) is 1. The molecule has 10 nitrogen and oxygen atoms in total. The molecule has 31 heavy (non-hydrogen) atoms. The first-order chi connectivity index (χ1) is 14.7. The van der Waals surface area contributed by atoms with Crippen molar-refractivity contribution in [2.45, 2.75) is 64.9 Å². The van der Waals surface area contributed by atoms with Crippen molar-refractivity contribution in [1.29, 1.82) is 0 Å². The number of carbonyl (C=O) groups is 4. The Labute approximate surface area is 180 Å². The number of ether oxygens (including phenoxy) is 5. The molecule has 1 aliphatic rings. The summed E-state index contributed by atoms with van der Waals surface area (Å²) in [7, 11) is 0. The topological polar surface area (TPSA) is 126 Å². The van der Waals surface area contributed by atoms with Gasteiger partial charge in [0.05, 0.1) is 6.61 Å². The maximum atomic E-state index is 11.8. The SMILES string of the molecule is CC(=O)N[C@H]1[C@@H](OC[13c]2[13cH][13cH][13cH][13cH][13cH]2)O[C@H](COC(C)=O)[C@H](OC(C)=O)[C@@H]1OC(C)=O. The molecule has 0 unspecified atom stereocenters. The number of benzene rings is 1. The number of amides is 1. The van der Waals surface area contributed by atoms with Crippen LogP contribution in [0, 0.1) is 0 Å². The minimum Gasteiger partial charge on any atom is -0.463 e. The van der Waals surface area contributed by atoms with E-state index in [1.807, 2.05) is 30.3 Å². The third-order valence-electron chi connectivity index (χ3n) is 4.33. The monoisotopic (exact) mass is 443 g/mol.